The van der Waals surface area contributed by atoms with E-state index in [0.717, 1.165) is 25.4 Å². The van der Waals surface area contributed by atoms with Crippen molar-refractivity contribution in [2.24, 2.45) is 11.3 Å². The molecule has 2 aliphatic carbocycles. The number of hydrogen-bond acceptors (Lipinski definition) is 8. The normalized spacial score (nSPS) is 23.9. The first-order valence-electron chi connectivity index (χ1n) is 19.2. The van der Waals surface area contributed by atoms with Crippen LogP contribution in [0.1, 0.15) is 78.1 Å². The monoisotopic (exact) mass is 836 g/mol. The summed E-state index contributed by atoms with van der Waals surface area (Å²) < 4.78 is 11.3. The van der Waals surface area contributed by atoms with Crippen molar-refractivity contribution in [2.75, 3.05) is 25.9 Å². The Morgan fingerprint density at radius 2 is 1.20 bits per heavy atom. The molecule has 2 N–H and O–H groups in total. The van der Waals surface area contributed by atoms with Crippen molar-refractivity contribution in [3.8, 4) is 12.3 Å². The molecule has 10 nitrogen and oxygen atoms in total. The van der Waals surface area contributed by atoms with Crippen LogP contribution < -0.4 is 43.5 Å². The molecule has 1 heterocycles. The molecule has 3 aromatic rings. The van der Waals surface area contributed by atoms with Crippen molar-refractivity contribution < 1.29 is 55.6 Å². The second-order valence-corrected chi connectivity index (χ2v) is 18.9. The molecule has 3 aromatic carbocycles. The molecule has 0 bridgehead atoms. The van der Waals surface area contributed by atoms with Gasteiger partial charge in [-0.25, -0.2) is 9.59 Å². The standard InChI is InChI=1S/C43H53N2O8P.BrH/c1-4-5-30-44-39(46)48-33-41(2,3)34-22-26-42(27-23-34)50-52-43(53-51-42)28-24-35(25-29-43)49-40(47)45-31-15-32-54(36-16-9-6-10-17-36,37-18-11-7-12-19-37)38-20-13-8-14-21-38;/h1,6-14,16-21,34-35H,5,15,22-33H2,2-3H3,(H-,44,45,46,47);1H. The quantitative estimate of drug-likeness (QED) is 0.114. The summed E-state index contributed by atoms with van der Waals surface area (Å²) in [6.07, 6.45) is 11.1. The number of rotatable bonds is 13. The van der Waals surface area contributed by atoms with Crippen LogP contribution in [0.5, 0.6) is 0 Å². The highest BCUT2D eigenvalue weighted by Crippen LogP contribution is 2.55. The lowest BCUT2D eigenvalue weighted by atomic mass is 9.70. The maximum absolute atomic E-state index is 13.0. The van der Waals surface area contributed by atoms with E-state index in [1.54, 1.807) is 0 Å². The molecule has 3 fully saturated rings. The zero-order chi connectivity index (χ0) is 37.9. The van der Waals surface area contributed by atoms with Gasteiger partial charge in [0.2, 0.25) is 11.6 Å². The van der Waals surface area contributed by atoms with Gasteiger partial charge in [0.25, 0.3) is 0 Å². The lowest BCUT2D eigenvalue weighted by Gasteiger charge is -2.48. The van der Waals surface area contributed by atoms with E-state index in [4.69, 9.17) is 35.4 Å². The predicted octanol–water partition coefficient (Wildman–Crippen LogP) is 4.31. The lowest BCUT2D eigenvalue weighted by Crippen LogP contribution is -3.00. The number of carbonyl (C=O) groups excluding carboxylic acids is 2. The van der Waals surface area contributed by atoms with Gasteiger partial charge in [-0.1, -0.05) is 68.4 Å². The Morgan fingerprint density at radius 3 is 1.67 bits per heavy atom. The fourth-order valence-corrected chi connectivity index (χ4v) is 12.2. The highest BCUT2D eigenvalue weighted by Gasteiger charge is 2.53. The molecule has 2 spiro atoms. The van der Waals surface area contributed by atoms with Crippen LogP contribution in [-0.4, -0.2) is 55.7 Å². The maximum Gasteiger partial charge on any atom is 0.407 e. The number of alkyl carbamates (subject to hydrolysis) is 2. The average Bonchev–Trinajstić information content (AvgIpc) is 3.21. The second-order valence-electron chi connectivity index (χ2n) is 15.3. The molecule has 3 aliphatic rings. The molecule has 55 heavy (non-hydrogen) atoms. The van der Waals surface area contributed by atoms with Crippen molar-refractivity contribution in [3.63, 3.8) is 0 Å². The third-order valence-corrected chi connectivity index (χ3v) is 15.7. The third-order valence-electron chi connectivity index (χ3n) is 11.2. The molecule has 0 radical (unpaired) electrons. The number of terminal acetylenes is 1. The van der Waals surface area contributed by atoms with Gasteiger partial charge in [0.1, 0.15) is 29.3 Å². The van der Waals surface area contributed by atoms with Crippen LogP contribution in [0.15, 0.2) is 91.0 Å². The molecule has 0 unspecified atom stereocenters. The van der Waals surface area contributed by atoms with E-state index in [1.165, 1.54) is 15.9 Å². The van der Waals surface area contributed by atoms with E-state index in [1.807, 2.05) is 0 Å². The minimum absolute atomic E-state index is 0. The molecule has 6 rings (SSSR count). The summed E-state index contributed by atoms with van der Waals surface area (Å²) >= 11 is 0. The first-order chi connectivity index (χ1) is 26.2. The van der Waals surface area contributed by atoms with Crippen LogP contribution in [-0.2, 0) is 29.0 Å². The molecule has 0 aromatic heterocycles. The number of amides is 2. The number of halogens is 1. The largest absolute Gasteiger partial charge is 1.00 e. The third kappa shape index (κ3) is 10.7. The van der Waals surface area contributed by atoms with Crippen molar-refractivity contribution in [3.05, 3.63) is 91.0 Å². The van der Waals surface area contributed by atoms with Gasteiger partial charge < -0.3 is 37.1 Å². The van der Waals surface area contributed by atoms with E-state index in [2.05, 4.69) is 121 Å². The molecular weight excluding hydrogens is 783 g/mol. The van der Waals surface area contributed by atoms with Crippen molar-refractivity contribution in [1.82, 2.24) is 10.6 Å². The van der Waals surface area contributed by atoms with Gasteiger partial charge in [0, 0.05) is 50.6 Å². The minimum Gasteiger partial charge on any atom is -1.00 e. The van der Waals surface area contributed by atoms with Gasteiger partial charge in [-0.2, -0.15) is 19.6 Å². The fourth-order valence-electron chi connectivity index (χ4n) is 7.89. The smallest absolute Gasteiger partial charge is 0.407 e. The van der Waals surface area contributed by atoms with Crippen LogP contribution >= 0.6 is 7.26 Å². The van der Waals surface area contributed by atoms with Crippen molar-refractivity contribution in [2.45, 2.75) is 95.7 Å². The van der Waals surface area contributed by atoms with Gasteiger partial charge in [-0.3, -0.25) is 0 Å². The Morgan fingerprint density at radius 1 is 0.745 bits per heavy atom. The number of ether oxygens (including phenoxy) is 2. The van der Waals surface area contributed by atoms with E-state index in [-0.39, 0.29) is 28.5 Å². The zero-order valence-corrected chi connectivity index (χ0v) is 34.4. The van der Waals surface area contributed by atoms with E-state index < -0.39 is 31.0 Å². The first kappa shape index (κ1) is 42.6. The Labute approximate surface area is 336 Å². The van der Waals surface area contributed by atoms with Crippen LogP contribution in [0.25, 0.3) is 0 Å². The van der Waals surface area contributed by atoms with Crippen LogP contribution in [0, 0.1) is 23.7 Å². The van der Waals surface area contributed by atoms with Gasteiger partial charge in [0.15, 0.2) is 0 Å². The Kier molecular flexibility index (Phi) is 15.2. The molecule has 12 heteroatoms. The van der Waals surface area contributed by atoms with Gasteiger partial charge in [-0.05, 0) is 74.4 Å². The number of benzene rings is 3. The van der Waals surface area contributed by atoms with Crippen LogP contribution in [0.3, 0.4) is 0 Å². The summed E-state index contributed by atoms with van der Waals surface area (Å²) in [5.74, 6) is 0.785. The molecule has 0 atom stereocenters. The summed E-state index contributed by atoms with van der Waals surface area (Å²) in [7, 11) is -1.97. The van der Waals surface area contributed by atoms with Gasteiger partial charge in [-0.15, -0.1) is 12.3 Å². The SMILES string of the molecule is C#CCCNC(=O)OCC(C)(C)C1CCC2(CC1)OOC1(CCC(OC(=O)NCCC[P+](c3ccccc3)(c3ccccc3)c3ccccc3)CC1)OO2.[Br-]. The Bertz CT molecular complexity index is 1580. The van der Waals surface area contributed by atoms with Crippen molar-refractivity contribution in [1.29, 1.82) is 0 Å². The molecule has 1 aliphatic heterocycles. The summed E-state index contributed by atoms with van der Waals surface area (Å²) in [6.45, 7) is 5.40. The summed E-state index contributed by atoms with van der Waals surface area (Å²) in [6, 6.07) is 32.3. The van der Waals surface area contributed by atoms with E-state index in [0.29, 0.717) is 70.6 Å². The number of hydrogen-bond donors (Lipinski definition) is 2. The van der Waals surface area contributed by atoms with Crippen molar-refractivity contribution >= 4 is 35.4 Å². The average molecular weight is 838 g/mol. The number of carbonyl (C=O) groups is 2. The van der Waals surface area contributed by atoms with Crippen LogP contribution in [0.4, 0.5) is 9.59 Å². The Hall–Kier alpha value is -3.49. The zero-order valence-electron chi connectivity index (χ0n) is 31.9. The second kappa shape index (κ2) is 19.6. The van der Waals surface area contributed by atoms with Gasteiger partial charge >= 0.3 is 12.2 Å². The highest BCUT2D eigenvalue weighted by atomic mass is 79.9. The minimum atomic E-state index is -1.97. The summed E-state index contributed by atoms with van der Waals surface area (Å²) in [5.41, 5.74) is -0.230. The summed E-state index contributed by atoms with van der Waals surface area (Å²) in [5, 5.41) is 9.66. The predicted molar refractivity (Wildman–Crippen MR) is 210 cm³/mol. The van der Waals surface area contributed by atoms with E-state index >= 15 is 0 Å². The molecule has 1 saturated heterocycles. The molecular formula is C43H54BrN2O8P. The van der Waals surface area contributed by atoms with E-state index in [9.17, 15) is 9.59 Å². The summed E-state index contributed by atoms with van der Waals surface area (Å²) in [4.78, 5) is 48.7. The number of nitrogens with one attached hydrogen (secondary N) is 2. The lowest BCUT2D eigenvalue weighted by molar-refractivity contribution is -0.663. The molecule has 2 amide bonds. The molecule has 2 saturated carbocycles. The highest BCUT2D eigenvalue weighted by molar-refractivity contribution is 7.95. The Balaban J connectivity index is 0.00000580. The topological polar surface area (TPSA) is 114 Å². The molecule has 296 valence electrons. The fraction of sp³-hybridized carbons (Fsp3) is 0.488. The maximum atomic E-state index is 13.0. The van der Waals surface area contributed by atoms with Gasteiger partial charge in [0.05, 0.1) is 12.8 Å². The van der Waals surface area contributed by atoms with Crippen LogP contribution in [0.2, 0.25) is 0 Å². The first-order valence-corrected chi connectivity index (χ1v) is 21.2.